The van der Waals surface area contributed by atoms with Crippen molar-refractivity contribution >= 4 is 86.0 Å². The van der Waals surface area contributed by atoms with E-state index in [9.17, 15) is 18.9 Å². The third-order valence-corrected chi connectivity index (χ3v) is 14.2. The molecule has 1 atom stereocenters. The number of halogens is 1. The first-order chi connectivity index (χ1) is 30.9. The number of ether oxygens (including phenoxy) is 2. The standard InChI is InChI=1S/C46H54BrN10O6P/c1-5-27-24-37(54-46-52-26-34(47)43(56-46)53-36-11-10-35-41(50-17-16-49-35)42(36)64(3,4)61)39(62-2)25-38(27)57-19-13-30(14-20-57)48-15-18-51-44(59)29-22-32(23-29)63-31-8-6-7-28(21-31)33-9-12-40(58)55-45(33)60/h6-8,10-11,16-17,21,24-26,29-30,32-33,48H,5,9,12-15,18-20,22-23H2,1-4H3,(H,51,59)(H,55,58,60)(H2,52,53,54,56). The molecule has 3 fully saturated rings. The minimum absolute atomic E-state index is 0.0490. The number of nitrogens with one attached hydrogen (secondary N) is 5. The van der Waals surface area contributed by atoms with Crippen molar-refractivity contribution in [3.8, 4) is 11.5 Å². The number of aryl methyl sites for hydroxylation is 1. The molecular weight excluding hydrogens is 899 g/mol. The summed E-state index contributed by atoms with van der Waals surface area (Å²) in [4.78, 5) is 57.4. The second-order valence-electron chi connectivity index (χ2n) is 16.9. The van der Waals surface area contributed by atoms with Gasteiger partial charge in [0.1, 0.15) is 36.1 Å². The zero-order valence-electron chi connectivity index (χ0n) is 36.4. The van der Waals surface area contributed by atoms with Crippen LogP contribution in [0, 0.1) is 5.92 Å². The van der Waals surface area contributed by atoms with Crippen molar-refractivity contribution < 1.29 is 28.4 Å². The van der Waals surface area contributed by atoms with Crippen molar-refractivity contribution in [2.45, 2.75) is 69.9 Å². The Bertz CT molecular complexity index is 2600. The first-order valence-electron chi connectivity index (χ1n) is 21.8. The zero-order chi connectivity index (χ0) is 45.0. The van der Waals surface area contributed by atoms with Crippen LogP contribution in [-0.2, 0) is 25.4 Å². The average molecular weight is 954 g/mol. The van der Waals surface area contributed by atoms with Crippen molar-refractivity contribution in [1.29, 1.82) is 0 Å². The highest BCUT2D eigenvalue weighted by Crippen LogP contribution is 2.42. The molecule has 1 aliphatic carbocycles. The van der Waals surface area contributed by atoms with Gasteiger partial charge in [-0.3, -0.25) is 29.7 Å². The van der Waals surface area contributed by atoms with Crippen molar-refractivity contribution in [3.63, 3.8) is 0 Å². The maximum atomic E-state index is 13.5. The number of amides is 3. The highest BCUT2D eigenvalue weighted by molar-refractivity contribution is 9.10. The maximum Gasteiger partial charge on any atom is 0.234 e. The molecule has 3 aromatic carbocycles. The van der Waals surface area contributed by atoms with Crippen molar-refractivity contribution in [2.75, 3.05) is 62.2 Å². The normalized spacial score (nSPS) is 19.1. The van der Waals surface area contributed by atoms with Gasteiger partial charge in [0.15, 0.2) is 0 Å². The topological polar surface area (TPSA) is 202 Å². The largest absolute Gasteiger partial charge is 0.494 e. The molecular formula is C46H54BrN10O6P. The molecule has 0 bridgehead atoms. The Morgan fingerprint density at radius 2 is 1.77 bits per heavy atom. The molecule has 3 amide bonds. The first-order valence-corrected chi connectivity index (χ1v) is 25.2. The summed E-state index contributed by atoms with van der Waals surface area (Å²) in [6.45, 7) is 8.58. The van der Waals surface area contributed by atoms with Gasteiger partial charge in [-0.1, -0.05) is 19.1 Å². The van der Waals surface area contributed by atoms with E-state index in [1.165, 1.54) is 5.56 Å². The maximum absolute atomic E-state index is 13.5. The van der Waals surface area contributed by atoms with E-state index in [-0.39, 0.29) is 35.7 Å². The molecule has 5 aromatic rings. The SMILES string of the molecule is CCc1cc(Nc2ncc(Br)c(Nc3ccc4nccnc4c3P(C)(C)=O)n2)c(OC)cc1N1CCC(NCCNC(=O)C2CC(Oc3cccc(C4CCC(=O)NC4=O)c3)C2)CC1. The number of piperidine rings is 2. The van der Waals surface area contributed by atoms with Crippen LogP contribution in [0.5, 0.6) is 11.5 Å². The second kappa shape index (κ2) is 19.6. The van der Waals surface area contributed by atoms with E-state index in [4.69, 9.17) is 14.5 Å². The van der Waals surface area contributed by atoms with Gasteiger partial charge in [-0.25, -0.2) is 4.98 Å². The molecule has 18 heteroatoms. The van der Waals surface area contributed by atoms with Crippen molar-refractivity contribution in [3.05, 3.63) is 82.7 Å². The molecule has 336 valence electrons. The Hall–Kier alpha value is -5.64. The molecule has 2 aromatic heterocycles. The van der Waals surface area contributed by atoms with Crippen molar-refractivity contribution in [1.82, 2.24) is 35.9 Å². The number of anilines is 5. The molecule has 3 aliphatic rings. The lowest BCUT2D eigenvalue weighted by atomic mass is 9.81. The second-order valence-corrected chi connectivity index (χ2v) is 20.9. The van der Waals surface area contributed by atoms with Gasteiger partial charge in [-0.05, 0) is 109 Å². The molecule has 5 N–H and O–H groups in total. The van der Waals surface area contributed by atoms with Crippen LogP contribution in [0.4, 0.5) is 28.8 Å². The highest BCUT2D eigenvalue weighted by atomic mass is 79.9. The van der Waals surface area contributed by atoms with E-state index < -0.39 is 7.14 Å². The van der Waals surface area contributed by atoms with Crippen LogP contribution >= 0.6 is 23.1 Å². The molecule has 1 saturated carbocycles. The molecule has 64 heavy (non-hydrogen) atoms. The van der Waals surface area contributed by atoms with Crippen molar-refractivity contribution in [2.24, 2.45) is 5.92 Å². The molecule has 1 unspecified atom stereocenters. The number of imide groups is 1. The van der Waals surface area contributed by atoms with Crippen LogP contribution in [0.15, 0.2) is 71.6 Å². The van der Waals surface area contributed by atoms with E-state index in [1.54, 1.807) is 39.0 Å². The average Bonchev–Trinajstić information content (AvgIpc) is 3.27. The molecule has 4 heterocycles. The minimum atomic E-state index is -2.78. The zero-order valence-corrected chi connectivity index (χ0v) is 38.9. The van der Waals surface area contributed by atoms with Gasteiger partial charge in [-0.2, -0.15) is 4.98 Å². The van der Waals surface area contributed by atoms with E-state index >= 15 is 0 Å². The Morgan fingerprint density at radius 1 is 0.969 bits per heavy atom. The molecule has 0 radical (unpaired) electrons. The van der Waals surface area contributed by atoms with Gasteiger partial charge < -0.3 is 40.2 Å². The number of methoxy groups -OCH3 is 1. The fourth-order valence-corrected chi connectivity index (χ4v) is 10.4. The lowest BCUT2D eigenvalue weighted by Crippen LogP contribution is -2.47. The molecule has 8 rings (SSSR count). The predicted octanol–water partition coefficient (Wildman–Crippen LogP) is 6.54. The fourth-order valence-electron chi connectivity index (χ4n) is 8.70. The van der Waals surface area contributed by atoms with Crippen LogP contribution in [0.2, 0.25) is 0 Å². The Labute approximate surface area is 381 Å². The summed E-state index contributed by atoms with van der Waals surface area (Å²) in [5.74, 6) is 1.29. The number of hydrogen-bond donors (Lipinski definition) is 5. The number of fused-ring (bicyclic) bond motifs is 1. The number of carbonyl (C=O) groups is 3. The van der Waals surface area contributed by atoms with Gasteiger partial charge in [0.05, 0.1) is 39.7 Å². The van der Waals surface area contributed by atoms with E-state index in [0.717, 1.165) is 49.3 Å². The van der Waals surface area contributed by atoms with E-state index in [1.807, 2.05) is 36.4 Å². The number of rotatable bonds is 16. The number of benzene rings is 3. The number of aromatic nitrogens is 4. The number of nitrogens with zero attached hydrogens (tertiary/aromatic N) is 5. The number of carbonyl (C=O) groups excluding carboxylic acids is 3. The van der Waals surface area contributed by atoms with Crippen LogP contribution in [0.3, 0.4) is 0 Å². The first kappa shape index (κ1) is 44.9. The van der Waals surface area contributed by atoms with Gasteiger partial charge in [-0.15, -0.1) is 0 Å². The number of hydrogen-bond acceptors (Lipinski definition) is 14. The van der Waals surface area contributed by atoms with E-state index in [0.29, 0.717) is 94.6 Å². The third-order valence-electron chi connectivity index (χ3n) is 12.1. The van der Waals surface area contributed by atoms with Crippen LogP contribution in [0.1, 0.15) is 62.5 Å². The fraction of sp³-hybridized carbons (Fsp3) is 0.413. The van der Waals surface area contributed by atoms with Crippen LogP contribution < -0.4 is 46.3 Å². The van der Waals surface area contributed by atoms with Gasteiger partial charge in [0.25, 0.3) is 0 Å². The lowest BCUT2D eigenvalue weighted by molar-refractivity contribution is -0.134. The quantitative estimate of drug-likeness (QED) is 0.0406. The summed E-state index contributed by atoms with van der Waals surface area (Å²) in [6, 6.07) is 15.7. The summed E-state index contributed by atoms with van der Waals surface area (Å²) >= 11 is 3.58. The Balaban J connectivity index is 0.805. The highest BCUT2D eigenvalue weighted by Gasteiger charge is 2.36. The van der Waals surface area contributed by atoms with Gasteiger partial charge in [0, 0.05) is 74.9 Å². The summed E-state index contributed by atoms with van der Waals surface area (Å²) in [7, 11) is -1.13. The summed E-state index contributed by atoms with van der Waals surface area (Å²) in [5, 5.41) is 16.5. The smallest absolute Gasteiger partial charge is 0.234 e. The Kier molecular flexibility index (Phi) is 13.8. The minimum Gasteiger partial charge on any atom is -0.494 e. The van der Waals surface area contributed by atoms with E-state index in [2.05, 4.69) is 81.4 Å². The van der Waals surface area contributed by atoms with Gasteiger partial charge in [0.2, 0.25) is 23.7 Å². The molecule has 2 aliphatic heterocycles. The van der Waals surface area contributed by atoms with Gasteiger partial charge >= 0.3 is 0 Å². The molecule has 16 nitrogen and oxygen atoms in total. The summed E-state index contributed by atoms with van der Waals surface area (Å²) in [6.07, 6.45) is 9.68. The molecule has 2 saturated heterocycles. The third kappa shape index (κ3) is 10.3. The lowest BCUT2D eigenvalue weighted by Gasteiger charge is -2.36. The molecule has 0 spiro atoms. The summed E-state index contributed by atoms with van der Waals surface area (Å²) < 4.78 is 26.2. The monoisotopic (exact) mass is 952 g/mol. The van der Waals surface area contributed by atoms with Crippen LogP contribution in [0.25, 0.3) is 11.0 Å². The predicted molar refractivity (Wildman–Crippen MR) is 252 cm³/mol. The Morgan fingerprint density at radius 3 is 2.52 bits per heavy atom. The van der Waals surface area contributed by atoms with Crippen LogP contribution in [-0.4, -0.2) is 96.4 Å². The summed E-state index contributed by atoms with van der Waals surface area (Å²) in [5.41, 5.74) is 5.76.